The second kappa shape index (κ2) is 7.38. The molecule has 2 aliphatic heterocycles. The third-order valence-electron chi connectivity index (χ3n) is 6.08. The van der Waals surface area contributed by atoms with E-state index in [4.69, 9.17) is 4.98 Å². The average molecular weight is 368 g/mol. The van der Waals surface area contributed by atoms with Gasteiger partial charge in [0.05, 0.1) is 23.1 Å². The Hall–Kier alpha value is -2.28. The van der Waals surface area contributed by atoms with E-state index >= 15 is 0 Å². The highest BCUT2D eigenvalue weighted by Crippen LogP contribution is 2.42. The number of aromatic nitrogens is 4. The maximum atomic E-state index is 12.8. The first-order valence-electron chi connectivity index (χ1n) is 10.00. The molecular weight excluding hydrogens is 340 g/mol. The molecule has 0 bridgehead atoms. The van der Waals surface area contributed by atoms with Gasteiger partial charge in [0.1, 0.15) is 5.82 Å². The fraction of sp³-hybridized carbons (Fsp3) is 0.600. The predicted molar refractivity (Wildman–Crippen MR) is 102 cm³/mol. The van der Waals surface area contributed by atoms with Gasteiger partial charge in [0.25, 0.3) is 5.91 Å². The number of likely N-dealkylation sites (tertiary alicyclic amines) is 1. The summed E-state index contributed by atoms with van der Waals surface area (Å²) in [6, 6.07) is 0. The summed E-state index contributed by atoms with van der Waals surface area (Å²) in [5, 5.41) is 0. The van der Waals surface area contributed by atoms with Gasteiger partial charge in [-0.2, -0.15) is 0 Å². The minimum atomic E-state index is -0.0384. The quantitative estimate of drug-likeness (QED) is 0.896. The van der Waals surface area contributed by atoms with E-state index in [1.54, 1.807) is 12.4 Å². The fourth-order valence-corrected chi connectivity index (χ4v) is 4.52. The van der Waals surface area contributed by atoms with Crippen molar-refractivity contribution in [2.24, 2.45) is 0 Å². The zero-order valence-electron chi connectivity index (χ0n) is 16.2. The zero-order chi connectivity index (χ0) is 18.9. The van der Waals surface area contributed by atoms with Crippen LogP contribution in [-0.2, 0) is 12.0 Å². The predicted octanol–water partition coefficient (Wildman–Crippen LogP) is 2.30. The first-order chi connectivity index (χ1) is 13.1. The largest absolute Gasteiger partial charge is 0.348 e. The van der Waals surface area contributed by atoms with Crippen molar-refractivity contribution in [1.29, 1.82) is 0 Å². The van der Waals surface area contributed by atoms with E-state index < -0.39 is 0 Å². The number of aryl methyl sites for hydroxylation is 1. The molecule has 1 N–H and O–H groups in total. The highest BCUT2D eigenvalue weighted by molar-refractivity contribution is 5.93. The molecule has 0 unspecified atom stereocenters. The zero-order valence-corrected chi connectivity index (χ0v) is 16.2. The summed E-state index contributed by atoms with van der Waals surface area (Å²) in [4.78, 5) is 33.8. The Bertz CT molecular complexity index is 791. The maximum absolute atomic E-state index is 12.8. The van der Waals surface area contributed by atoms with Gasteiger partial charge < -0.3 is 9.88 Å². The highest BCUT2D eigenvalue weighted by Gasteiger charge is 2.46. The first-order valence-corrected chi connectivity index (χ1v) is 10.00. The van der Waals surface area contributed by atoms with Crippen LogP contribution in [0.4, 0.5) is 0 Å². The van der Waals surface area contributed by atoms with Crippen molar-refractivity contribution in [3.05, 3.63) is 41.5 Å². The van der Waals surface area contributed by atoms with Gasteiger partial charge in [-0.05, 0) is 32.7 Å². The summed E-state index contributed by atoms with van der Waals surface area (Å²) in [7, 11) is 0. The molecule has 2 aromatic rings. The molecule has 1 amide bonds. The van der Waals surface area contributed by atoms with Gasteiger partial charge in [0.15, 0.2) is 0 Å². The van der Waals surface area contributed by atoms with Gasteiger partial charge in [-0.25, -0.2) is 15.0 Å². The molecule has 0 aromatic carbocycles. The Labute approximate surface area is 160 Å². The SMILES string of the molecule is CCCCN1CCc2[nH]cnc2C12CCN(C(=O)c1cnc(C)nc1)CC2. The Morgan fingerprint density at radius 2 is 1.93 bits per heavy atom. The van der Waals surface area contributed by atoms with Crippen molar-refractivity contribution >= 4 is 5.91 Å². The molecule has 0 atom stereocenters. The van der Waals surface area contributed by atoms with Crippen molar-refractivity contribution in [3.63, 3.8) is 0 Å². The summed E-state index contributed by atoms with van der Waals surface area (Å²) in [6.07, 6.45) is 10.4. The molecule has 144 valence electrons. The Morgan fingerprint density at radius 3 is 2.63 bits per heavy atom. The smallest absolute Gasteiger partial charge is 0.256 e. The normalized spacial score (nSPS) is 19.3. The van der Waals surface area contributed by atoms with Crippen molar-refractivity contribution in [2.75, 3.05) is 26.2 Å². The number of imidazole rings is 1. The van der Waals surface area contributed by atoms with E-state index in [0.717, 1.165) is 45.4 Å². The van der Waals surface area contributed by atoms with Crippen molar-refractivity contribution in [1.82, 2.24) is 29.7 Å². The van der Waals surface area contributed by atoms with Crippen LogP contribution >= 0.6 is 0 Å². The lowest BCUT2D eigenvalue weighted by atomic mass is 9.78. The topological polar surface area (TPSA) is 78.0 Å². The second-order valence-corrected chi connectivity index (χ2v) is 7.66. The van der Waals surface area contributed by atoms with E-state index in [1.807, 2.05) is 18.2 Å². The molecule has 27 heavy (non-hydrogen) atoms. The van der Waals surface area contributed by atoms with Crippen LogP contribution in [-0.4, -0.2) is 61.8 Å². The number of hydrogen-bond acceptors (Lipinski definition) is 5. The van der Waals surface area contributed by atoms with Gasteiger partial charge in [-0.15, -0.1) is 0 Å². The van der Waals surface area contributed by atoms with Gasteiger partial charge >= 0.3 is 0 Å². The number of H-pyrrole nitrogens is 1. The van der Waals surface area contributed by atoms with E-state index in [1.165, 1.54) is 24.2 Å². The molecule has 7 heteroatoms. The number of fused-ring (bicyclic) bond motifs is 2. The molecule has 2 aliphatic rings. The molecule has 0 saturated carbocycles. The Kier molecular flexibility index (Phi) is 4.95. The summed E-state index contributed by atoms with van der Waals surface area (Å²) in [5.74, 6) is 0.715. The molecule has 1 fully saturated rings. The number of piperidine rings is 1. The maximum Gasteiger partial charge on any atom is 0.256 e. The number of carbonyl (C=O) groups excluding carboxylic acids is 1. The molecule has 1 spiro atoms. The lowest BCUT2D eigenvalue weighted by Crippen LogP contribution is -2.57. The number of nitrogens with zero attached hydrogens (tertiary/aromatic N) is 5. The summed E-state index contributed by atoms with van der Waals surface area (Å²) in [6.45, 7) is 7.70. The lowest BCUT2D eigenvalue weighted by molar-refractivity contribution is 0.00629. The van der Waals surface area contributed by atoms with Crippen LogP contribution in [0.3, 0.4) is 0 Å². The van der Waals surface area contributed by atoms with Crippen LogP contribution in [0.25, 0.3) is 0 Å². The van der Waals surface area contributed by atoms with Gasteiger partial charge in [0.2, 0.25) is 0 Å². The number of nitrogens with one attached hydrogen (secondary N) is 1. The van der Waals surface area contributed by atoms with E-state index in [2.05, 4.69) is 26.8 Å². The van der Waals surface area contributed by atoms with Crippen LogP contribution in [0.15, 0.2) is 18.7 Å². The van der Waals surface area contributed by atoms with Crippen molar-refractivity contribution in [3.8, 4) is 0 Å². The van der Waals surface area contributed by atoms with E-state index in [9.17, 15) is 4.79 Å². The van der Waals surface area contributed by atoms with E-state index in [-0.39, 0.29) is 11.4 Å². The molecule has 2 aromatic heterocycles. The second-order valence-electron chi connectivity index (χ2n) is 7.66. The molecule has 4 rings (SSSR count). The Morgan fingerprint density at radius 1 is 1.19 bits per heavy atom. The fourth-order valence-electron chi connectivity index (χ4n) is 4.52. The van der Waals surface area contributed by atoms with Gasteiger partial charge in [0, 0.05) is 44.1 Å². The van der Waals surface area contributed by atoms with Crippen molar-refractivity contribution < 1.29 is 4.79 Å². The molecule has 4 heterocycles. The van der Waals surface area contributed by atoms with Crippen LogP contribution in [0, 0.1) is 6.92 Å². The van der Waals surface area contributed by atoms with Crippen LogP contribution in [0.2, 0.25) is 0 Å². The summed E-state index contributed by atoms with van der Waals surface area (Å²) in [5.41, 5.74) is 3.01. The Balaban J connectivity index is 1.53. The number of rotatable bonds is 4. The third-order valence-corrected chi connectivity index (χ3v) is 6.08. The summed E-state index contributed by atoms with van der Waals surface area (Å²) >= 11 is 0. The number of amides is 1. The van der Waals surface area contributed by atoms with Gasteiger partial charge in [-0.3, -0.25) is 9.69 Å². The minimum absolute atomic E-state index is 0.0306. The number of carbonyl (C=O) groups is 1. The minimum Gasteiger partial charge on any atom is -0.348 e. The number of hydrogen-bond donors (Lipinski definition) is 1. The standard InChI is InChI=1S/C20H28N6O/c1-3-4-8-26-9-5-17-18(24-14-23-17)20(26)6-10-25(11-7-20)19(27)16-12-21-15(2)22-13-16/h12-14H,3-11H2,1-2H3,(H,23,24). The average Bonchev–Trinajstić information content (AvgIpc) is 3.18. The molecule has 0 radical (unpaired) electrons. The van der Waals surface area contributed by atoms with E-state index in [0.29, 0.717) is 11.4 Å². The highest BCUT2D eigenvalue weighted by atomic mass is 16.2. The van der Waals surface area contributed by atoms with Crippen LogP contribution in [0.1, 0.15) is 60.2 Å². The summed E-state index contributed by atoms with van der Waals surface area (Å²) < 4.78 is 0. The monoisotopic (exact) mass is 368 g/mol. The number of unbranched alkanes of at least 4 members (excludes halogenated alkanes) is 1. The third kappa shape index (κ3) is 3.25. The first kappa shape index (κ1) is 18.1. The molecular formula is C20H28N6O. The molecule has 1 saturated heterocycles. The number of aromatic amines is 1. The molecule has 0 aliphatic carbocycles. The van der Waals surface area contributed by atoms with Crippen LogP contribution < -0.4 is 0 Å². The van der Waals surface area contributed by atoms with Crippen LogP contribution in [0.5, 0.6) is 0 Å². The molecule has 7 nitrogen and oxygen atoms in total. The lowest BCUT2D eigenvalue weighted by Gasteiger charge is -2.50. The van der Waals surface area contributed by atoms with Crippen molar-refractivity contribution in [2.45, 2.75) is 51.5 Å². The van der Waals surface area contributed by atoms with Gasteiger partial charge in [-0.1, -0.05) is 13.3 Å².